The number of nitrogens with one attached hydrogen (secondary N) is 1. The number of ether oxygens (including phenoxy) is 1. The van der Waals surface area contributed by atoms with Gasteiger partial charge in [0.1, 0.15) is 5.69 Å². The second kappa shape index (κ2) is 7.41. The van der Waals surface area contributed by atoms with E-state index >= 15 is 0 Å². The molecule has 3 aromatic heterocycles. The fourth-order valence-electron chi connectivity index (χ4n) is 2.13. The highest BCUT2D eigenvalue weighted by atomic mass is 16.5. The molecule has 1 N–H and O–H groups in total. The van der Waals surface area contributed by atoms with Crippen LogP contribution in [0.25, 0.3) is 11.5 Å². The van der Waals surface area contributed by atoms with Gasteiger partial charge in [-0.1, -0.05) is 6.07 Å². The first kappa shape index (κ1) is 15.7. The van der Waals surface area contributed by atoms with Crippen LogP contribution in [-0.4, -0.2) is 22.5 Å². The number of rotatable bonds is 6. The molecule has 0 aliphatic heterocycles. The van der Waals surface area contributed by atoms with Crippen molar-refractivity contribution in [2.24, 2.45) is 0 Å². The molecule has 3 rings (SSSR count). The van der Waals surface area contributed by atoms with E-state index < -0.39 is 0 Å². The number of aromatic nitrogens is 2. The zero-order valence-electron chi connectivity index (χ0n) is 13.2. The largest absolute Gasteiger partial charge is 0.478 e. The van der Waals surface area contributed by atoms with Gasteiger partial charge in [-0.05, 0) is 36.8 Å². The average Bonchev–Trinajstić information content (AvgIpc) is 3.16. The zero-order chi connectivity index (χ0) is 16.8. The van der Waals surface area contributed by atoms with Crippen LogP contribution in [-0.2, 0) is 6.54 Å². The van der Waals surface area contributed by atoms with Crippen LogP contribution in [0.2, 0.25) is 0 Å². The Labute approximate surface area is 139 Å². The standard InChI is InChI=1S/C18H17N3O3/c1-2-23-17-8-6-14(12-20-17)18(22)21-11-13-5-7-15(19-10-13)16-4-3-9-24-16/h3-10,12H,2,11H2,1H3,(H,21,22). The van der Waals surface area contributed by atoms with E-state index in [2.05, 4.69) is 15.3 Å². The summed E-state index contributed by atoms with van der Waals surface area (Å²) in [5.41, 5.74) is 2.14. The van der Waals surface area contributed by atoms with Crippen molar-refractivity contribution in [2.75, 3.05) is 6.61 Å². The molecule has 0 saturated heterocycles. The highest BCUT2D eigenvalue weighted by Gasteiger charge is 2.07. The molecule has 6 nitrogen and oxygen atoms in total. The van der Waals surface area contributed by atoms with Gasteiger partial charge in [0.15, 0.2) is 5.76 Å². The van der Waals surface area contributed by atoms with Crippen LogP contribution in [0.15, 0.2) is 59.5 Å². The van der Waals surface area contributed by atoms with Crippen molar-refractivity contribution < 1.29 is 13.9 Å². The van der Waals surface area contributed by atoms with E-state index in [9.17, 15) is 4.79 Å². The van der Waals surface area contributed by atoms with Gasteiger partial charge in [0.05, 0.1) is 18.4 Å². The molecule has 6 heteroatoms. The monoisotopic (exact) mass is 323 g/mol. The third-order valence-electron chi connectivity index (χ3n) is 3.34. The molecule has 1 amide bonds. The van der Waals surface area contributed by atoms with Gasteiger partial charge in [0.25, 0.3) is 5.91 Å². The van der Waals surface area contributed by atoms with E-state index in [1.807, 2.05) is 31.2 Å². The Balaban J connectivity index is 1.57. The number of hydrogen-bond acceptors (Lipinski definition) is 5. The molecule has 0 bridgehead atoms. The molecule has 0 saturated carbocycles. The maximum Gasteiger partial charge on any atom is 0.253 e. The summed E-state index contributed by atoms with van der Waals surface area (Å²) in [4.78, 5) is 20.5. The summed E-state index contributed by atoms with van der Waals surface area (Å²) >= 11 is 0. The summed E-state index contributed by atoms with van der Waals surface area (Å²) in [6.07, 6.45) is 4.82. The van der Waals surface area contributed by atoms with E-state index in [4.69, 9.17) is 9.15 Å². The highest BCUT2D eigenvalue weighted by Crippen LogP contribution is 2.17. The number of hydrogen-bond donors (Lipinski definition) is 1. The third-order valence-corrected chi connectivity index (χ3v) is 3.34. The van der Waals surface area contributed by atoms with Crippen molar-refractivity contribution in [3.63, 3.8) is 0 Å². The van der Waals surface area contributed by atoms with Crippen molar-refractivity contribution in [1.29, 1.82) is 0 Å². The second-order valence-electron chi connectivity index (χ2n) is 5.03. The molecule has 24 heavy (non-hydrogen) atoms. The molecule has 0 aliphatic rings. The quantitative estimate of drug-likeness (QED) is 0.754. The predicted octanol–water partition coefficient (Wildman–Crippen LogP) is 3.07. The molecule has 0 spiro atoms. The van der Waals surface area contributed by atoms with Gasteiger partial charge in [0.2, 0.25) is 5.88 Å². The lowest BCUT2D eigenvalue weighted by molar-refractivity contribution is 0.0950. The first-order valence-corrected chi connectivity index (χ1v) is 7.62. The van der Waals surface area contributed by atoms with Crippen molar-refractivity contribution >= 4 is 5.91 Å². The maximum atomic E-state index is 12.1. The molecule has 0 fully saturated rings. The molecule has 0 radical (unpaired) electrons. The Morgan fingerprint density at radius 3 is 2.71 bits per heavy atom. The number of pyridine rings is 2. The van der Waals surface area contributed by atoms with E-state index in [-0.39, 0.29) is 5.91 Å². The van der Waals surface area contributed by atoms with Gasteiger partial charge in [-0.3, -0.25) is 9.78 Å². The minimum atomic E-state index is -0.194. The lowest BCUT2D eigenvalue weighted by Gasteiger charge is -2.06. The molecule has 3 aromatic rings. The molecule has 0 atom stereocenters. The summed E-state index contributed by atoms with van der Waals surface area (Å²) in [6, 6.07) is 10.8. The SMILES string of the molecule is CCOc1ccc(C(=O)NCc2ccc(-c3ccco3)nc2)cn1. The van der Waals surface area contributed by atoms with Crippen LogP contribution in [0.1, 0.15) is 22.8 Å². The average molecular weight is 323 g/mol. The molecular formula is C18H17N3O3. The maximum absolute atomic E-state index is 12.1. The number of nitrogens with zero attached hydrogens (tertiary/aromatic N) is 2. The predicted molar refractivity (Wildman–Crippen MR) is 88.5 cm³/mol. The highest BCUT2D eigenvalue weighted by molar-refractivity contribution is 5.93. The van der Waals surface area contributed by atoms with E-state index in [0.29, 0.717) is 30.4 Å². The zero-order valence-corrected chi connectivity index (χ0v) is 13.2. The Kier molecular flexibility index (Phi) is 4.86. The van der Waals surface area contributed by atoms with Crippen LogP contribution >= 0.6 is 0 Å². The second-order valence-corrected chi connectivity index (χ2v) is 5.03. The fourth-order valence-corrected chi connectivity index (χ4v) is 2.13. The first-order valence-electron chi connectivity index (χ1n) is 7.62. The summed E-state index contributed by atoms with van der Waals surface area (Å²) in [5, 5.41) is 2.84. The third kappa shape index (κ3) is 3.78. The van der Waals surface area contributed by atoms with Crippen molar-refractivity contribution in [2.45, 2.75) is 13.5 Å². The molecule has 0 unspecified atom stereocenters. The number of carbonyl (C=O) groups is 1. The number of furan rings is 1. The van der Waals surface area contributed by atoms with E-state index in [0.717, 1.165) is 11.3 Å². The summed E-state index contributed by atoms with van der Waals surface area (Å²) < 4.78 is 10.5. The lowest BCUT2D eigenvalue weighted by Crippen LogP contribution is -2.23. The van der Waals surface area contributed by atoms with Gasteiger partial charge >= 0.3 is 0 Å². The van der Waals surface area contributed by atoms with Crippen molar-refractivity contribution in [3.8, 4) is 17.3 Å². The minimum Gasteiger partial charge on any atom is -0.478 e. The summed E-state index contributed by atoms with van der Waals surface area (Å²) in [6.45, 7) is 2.81. The molecule has 0 aromatic carbocycles. The topological polar surface area (TPSA) is 77.2 Å². The van der Waals surface area contributed by atoms with Crippen LogP contribution in [0.4, 0.5) is 0 Å². The van der Waals surface area contributed by atoms with Gasteiger partial charge in [-0.25, -0.2) is 4.98 Å². The van der Waals surface area contributed by atoms with E-state index in [1.54, 1.807) is 24.6 Å². The van der Waals surface area contributed by atoms with Crippen LogP contribution in [0.3, 0.4) is 0 Å². The van der Waals surface area contributed by atoms with Gasteiger partial charge < -0.3 is 14.5 Å². The molecule has 3 heterocycles. The van der Waals surface area contributed by atoms with Gasteiger partial charge in [-0.15, -0.1) is 0 Å². The van der Waals surface area contributed by atoms with E-state index in [1.165, 1.54) is 6.20 Å². The Hall–Kier alpha value is -3.15. The number of amides is 1. The normalized spacial score (nSPS) is 10.4. The summed E-state index contributed by atoms with van der Waals surface area (Å²) in [5.74, 6) is 1.03. The van der Waals surface area contributed by atoms with Gasteiger partial charge in [0, 0.05) is 25.0 Å². The Morgan fingerprint density at radius 2 is 2.08 bits per heavy atom. The van der Waals surface area contributed by atoms with Crippen molar-refractivity contribution in [1.82, 2.24) is 15.3 Å². The fraction of sp³-hybridized carbons (Fsp3) is 0.167. The Bertz CT molecular complexity index is 781. The van der Waals surface area contributed by atoms with Crippen LogP contribution in [0, 0.1) is 0 Å². The number of carbonyl (C=O) groups excluding carboxylic acids is 1. The smallest absolute Gasteiger partial charge is 0.253 e. The van der Waals surface area contributed by atoms with Crippen molar-refractivity contribution in [3.05, 3.63) is 66.2 Å². The van der Waals surface area contributed by atoms with Crippen LogP contribution in [0.5, 0.6) is 5.88 Å². The molecule has 0 aliphatic carbocycles. The van der Waals surface area contributed by atoms with Gasteiger partial charge in [-0.2, -0.15) is 0 Å². The lowest BCUT2D eigenvalue weighted by atomic mass is 10.2. The Morgan fingerprint density at radius 1 is 1.17 bits per heavy atom. The minimum absolute atomic E-state index is 0.194. The molecular weight excluding hydrogens is 306 g/mol. The summed E-state index contributed by atoms with van der Waals surface area (Å²) in [7, 11) is 0. The first-order chi connectivity index (χ1) is 11.8. The van der Waals surface area contributed by atoms with Crippen LogP contribution < -0.4 is 10.1 Å². The molecule has 122 valence electrons.